The minimum Gasteiger partial charge on any atom is -0.292 e. The zero-order valence-corrected chi connectivity index (χ0v) is 12.1. The van der Waals surface area contributed by atoms with Gasteiger partial charge in [0.15, 0.2) is 0 Å². The smallest absolute Gasteiger partial charge is 0.129 e. The van der Waals surface area contributed by atoms with Crippen molar-refractivity contribution in [2.45, 2.75) is 12.8 Å². The topological polar surface area (TPSA) is 35.6 Å². The highest BCUT2D eigenvalue weighted by Crippen LogP contribution is 2.26. The van der Waals surface area contributed by atoms with Crippen LogP contribution in [0.25, 0.3) is 16.7 Å². The molecule has 2 aromatic heterocycles. The number of rotatable bonds is 2. The van der Waals surface area contributed by atoms with E-state index in [-0.39, 0.29) is 0 Å². The summed E-state index contributed by atoms with van der Waals surface area (Å²) in [7, 11) is 1.90. The molecule has 1 aromatic carbocycles. The Labute approximate surface area is 120 Å². The van der Waals surface area contributed by atoms with Crippen LogP contribution in [0.5, 0.6) is 0 Å². The van der Waals surface area contributed by atoms with E-state index in [9.17, 15) is 0 Å². The number of halogens is 2. The first kappa shape index (κ1) is 12.5. The maximum absolute atomic E-state index is 6.01. The monoisotopic (exact) mass is 294 g/mol. The van der Waals surface area contributed by atoms with Gasteiger partial charge in [-0.25, -0.2) is 4.98 Å². The van der Waals surface area contributed by atoms with Gasteiger partial charge in [0.05, 0.1) is 28.3 Å². The predicted octanol–water partition coefficient (Wildman–Crippen LogP) is 3.46. The summed E-state index contributed by atoms with van der Waals surface area (Å²) in [6.45, 7) is 1.97. The van der Waals surface area contributed by atoms with Crippen LogP contribution in [-0.2, 0) is 12.9 Å². The Morgan fingerprint density at radius 1 is 1.32 bits per heavy atom. The first-order valence-corrected chi connectivity index (χ1v) is 6.75. The highest BCUT2D eigenvalue weighted by molar-refractivity contribution is 6.31. The van der Waals surface area contributed by atoms with E-state index in [0.717, 1.165) is 28.2 Å². The van der Waals surface area contributed by atoms with Crippen LogP contribution in [0.3, 0.4) is 0 Å². The van der Waals surface area contributed by atoms with Crippen molar-refractivity contribution in [1.29, 1.82) is 0 Å². The molecule has 0 spiro atoms. The van der Waals surface area contributed by atoms with Gasteiger partial charge in [-0.3, -0.25) is 9.25 Å². The Morgan fingerprint density at radius 2 is 2.11 bits per heavy atom. The lowest BCUT2D eigenvalue weighted by Gasteiger charge is -2.05. The van der Waals surface area contributed by atoms with Crippen LogP contribution in [0, 0.1) is 6.92 Å². The summed E-state index contributed by atoms with van der Waals surface area (Å²) < 4.78 is 3.81. The van der Waals surface area contributed by atoms with E-state index < -0.39 is 0 Å². The van der Waals surface area contributed by atoms with Crippen molar-refractivity contribution in [2.75, 3.05) is 0 Å². The third-order valence-corrected chi connectivity index (χ3v) is 3.51. The van der Waals surface area contributed by atoms with Crippen molar-refractivity contribution in [3.63, 3.8) is 0 Å². The van der Waals surface area contributed by atoms with Crippen LogP contribution < -0.4 is 0 Å². The van der Waals surface area contributed by atoms with Crippen molar-refractivity contribution in [1.82, 2.24) is 19.3 Å². The number of aromatic nitrogens is 4. The SMILES string of the molecule is Cc1nn(C)cc1-n1c(CCl)nc2cc(Cl)ccc21. The van der Waals surface area contributed by atoms with E-state index in [0.29, 0.717) is 10.9 Å². The van der Waals surface area contributed by atoms with E-state index >= 15 is 0 Å². The van der Waals surface area contributed by atoms with Gasteiger partial charge in [-0.2, -0.15) is 5.10 Å². The number of fused-ring (bicyclic) bond motifs is 1. The molecule has 4 nitrogen and oxygen atoms in total. The standard InChI is InChI=1S/C13H12Cl2N4/c1-8-12(7-18(2)17-8)19-11-4-3-9(15)5-10(11)16-13(19)6-14/h3-5,7H,6H2,1-2H3. The number of benzene rings is 1. The predicted molar refractivity (Wildman–Crippen MR) is 77.1 cm³/mol. The quantitative estimate of drug-likeness (QED) is 0.679. The highest BCUT2D eigenvalue weighted by atomic mass is 35.5. The summed E-state index contributed by atoms with van der Waals surface area (Å²) in [5.74, 6) is 1.12. The van der Waals surface area contributed by atoms with Crippen molar-refractivity contribution in [3.05, 3.63) is 40.9 Å². The molecule has 2 heterocycles. The molecular weight excluding hydrogens is 283 g/mol. The normalized spacial score (nSPS) is 11.4. The van der Waals surface area contributed by atoms with E-state index in [2.05, 4.69) is 10.1 Å². The molecule has 0 radical (unpaired) electrons. The Morgan fingerprint density at radius 3 is 2.74 bits per heavy atom. The molecule has 19 heavy (non-hydrogen) atoms. The molecule has 0 unspecified atom stereocenters. The Bertz CT molecular complexity index is 757. The van der Waals surface area contributed by atoms with Crippen LogP contribution >= 0.6 is 23.2 Å². The van der Waals surface area contributed by atoms with Crippen LogP contribution in [0.15, 0.2) is 24.4 Å². The fraction of sp³-hybridized carbons (Fsp3) is 0.231. The Balaban J connectivity index is 2.35. The Hall–Kier alpha value is -1.52. The van der Waals surface area contributed by atoms with Gasteiger partial charge in [-0.1, -0.05) is 11.6 Å². The van der Waals surface area contributed by atoms with Crippen LogP contribution in [0.4, 0.5) is 0 Å². The second-order valence-electron chi connectivity index (χ2n) is 4.40. The molecule has 0 N–H and O–H groups in total. The molecule has 98 valence electrons. The van der Waals surface area contributed by atoms with Crippen molar-refractivity contribution < 1.29 is 0 Å². The lowest BCUT2D eigenvalue weighted by Crippen LogP contribution is -1.99. The first-order chi connectivity index (χ1) is 9.10. The summed E-state index contributed by atoms with van der Waals surface area (Å²) in [6.07, 6.45) is 1.96. The zero-order chi connectivity index (χ0) is 13.6. The number of hydrogen-bond acceptors (Lipinski definition) is 2. The summed E-state index contributed by atoms with van der Waals surface area (Å²) in [5, 5.41) is 5.03. The van der Waals surface area contributed by atoms with Crippen molar-refractivity contribution in [3.8, 4) is 5.69 Å². The van der Waals surface area contributed by atoms with Gasteiger partial charge in [0, 0.05) is 18.3 Å². The largest absolute Gasteiger partial charge is 0.292 e. The van der Waals surface area contributed by atoms with Gasteiger partial charge >= 0.3 is 0 Å². The Kier molecular flexibility index (Phi) is 2.99. The molecule has 0 aliphatic heterocycles. The van der Waals surface area contributed by atoms with Gasteiger partial charge in [0.2, 0.25) is 0 Å². The third kappa shape index (κ3) is 2.01. The number of alkyl halides is 1. The maximum Gasteiger partial charge on any atom is 0.129 e. The van der Waals surface area contributed by atoms with Gasteiger partial charge in [-0.15, -0.1) is 11.6 Å². The van der Waals surface area contributed by atoms with Crippen LogP contribution in [0.1, 0.15) is 11.5 Å². The number of imidazole rings is 1. The van der Waals surface area contributed by atoms with E-state index in [4.69, 9.17) is 23.2 Å². The average Bonchev–Trinajstić information content (AvgIpc) is 2.88. The second kappa shape index (κ2) is 4.54. The second-order valence-corrected chi connectivity index (χ2v) is 5.11. The maximum atomic E-state index is 6.01. The van der Waals surface area contributed by atoms with Gasteiger partial charge in [0.1, 0.15) is 5.82 Å². The molecule has 0 saturated carbocycles. The zero-order valence-electron chi connectivity index (χ0n) is 10.6. The fourth-order valence-electron chi connectivity index (χ4n) is 2.27. The molecular formula is C13H12Cl2N4. The van der Waals surface area contributed by atoms with Crippen molar-refractivity contribution >= 4 is 34.2 Å². The summed E-state index contributed by atoms with van der Waals surface area (Å²) >= 11 is 12.0. The fourth-order valence-corrected chi connectivity index (χ4v) is 2.61. The number of hydrogen-bond donors (Lipinski definition) is 0. The average molecular weight is 295 g/mol. The molecule has 0 aliphatic rings. The van der Waals surface area contributed by atoms with Crippen LogP contribution in [-0.4, -0.2) is 19.3 Å². The lowest BCUT2D eigenvalue weighted by molar-refractivity contribution is 0.756. The highest BCUT2D eigenvalue weighted by Gasteiger charge is 2.15. The molecule has 0 fully saturated rings. The molecule has 0 bridgehead atoms. The molecule has 0 aliphatic carbocycles. The minimum atomic E-state index is 0.334. The first-order valence-electron chi connectivity index (χ1n) is 5.83. The van der Waals surface area contributed by atoms with Crippen LogP contribution in [0.2, 0.25) is 5.02 Å². The number of aryl methyl sites for hydroxylation is 2. The molecule has 0 amide bonds. The lowest BCUT2D eigenvalue weighted by atomic mass is 10.3. The van der Waals surface area contributed by atoms with Gasteiger partial charge < -0.3 is 0 Å². The molecule has 6 heteroatoms. The van der Waals surface area contributed by atoms with Gasteiger partial charge in [0.25, 0.3) is 0 Å². The summed E-state index contributed by atoms with van der Waals surface area (Å²) in [4.78, 5) is 4.53. The van der Waals surface area contributed by atoms with E-state index in [1.54, 1.807) is 4.68 Å². The third-order valence-electron chi connectivity index (χ3n) is 3.03. The molecule has 3 rings (SSSR count). The minimum absolute atomic E-state index is 0.334. The molecule has 3 aromatic rings. The summed E-state index contributed by atoms with van der Waals surface area (Å²) in [5.41, 5.74) is 3.74. The molecule has 0 saturated heterocycles. The van der Waals surface area contributed by atoms with Gasteiger partial charge in [-0.05, 0) is 25.1 Å². The van der Waals surface area contributed by atoms with Crippen molar-refractivity contribution in [2.24, 2.45) is 7.05 Å². The molecule has 0 atom stereocenters. The van der Waals surface area contributed by atoms with E-state index in [1.165, 1.54) is 0 Å². The summed E-state index contributed by atoms with van der Waals surface area (Å²) in [6, 6.07) is 5.65. The number of nitrogens with zero attached hydrogens (tertiary/aromatic N) is 4. The van der Waals surface area contributed by atoms with E-state index in [1.807, 2.05) is 42.9 Å².